The van der Waals surface area contributed by atoms with Gasteiger partial charge >= 0.3 is 0 Å². The third-order valence-corrected chi connectivity index (χ3v) is 6.21. The van der Waals surface area contributed by atoms with Gasteiger partial charge in [0.25, 0.3) is 0 Å². The summed E-state index contributed by atoms with van der Waals surface area (Å²) >= 11 is 2.08. The number of rotatable bonds is 16. The lowest BCUT2D eigenvalue weighted by molar-refractivity contribution is 0.321. The van der Waals surface area contributed by atoms with E-state index in [1.165, 1.54) is 101 Å². The average molecular weight is 394 g/mol. The van der Waals surface area contributed by atoms with Crippen molar-refractivity contribution in [1.82, 2.24) is 4.90 Å². The highest BCUT2D eigenvalue weighted by molar-refractivity contribution is 7.98. The molecule has 0 aliphatic rings. The van der Waals surface area contributed by atoms with Gasteiger partial charge in [-0.15, -0.1) is 0 Å². The van der Waals surface area contributed by atoms with Crippen LogP contribution in [0.2, 0.25) is 0 Å². The van der Waals surface area contributed by atoms with E-state index in [1.807, 2.05) is 0 Å². The van der Waals surface area contributed by atoms with E-state index in [0.29, 0.717) is 0 Å². The molecule has 0 saturated heterocycles. The van der Waals surface area contributed by atoms with Crippen LogP contribution in [0.4, 0.5) is 0 Å². The van der Waals surface area contributed by atoms with Crippen LogP contribution < -0.4 is 0 Å². The van der Waals surface area contributed by atoms with Crippen molar-refractivity contribution < 1.29 is 0 Å². The van der Waals surface area contributed by atoms with Gasteiger partial charge in [0.05, 0.1) is 0 Å². The van der Waals surface area contributed by atoms with Gasteiger partial charge in [0.1, 0.15) is 0 Å². The Hall–Kier alpha value is -0.470. The number of nitrogens with zero attached hydrogens (tertiary/aromatic N) is 1. The lowest BCUT2D eigenvalue weighted by atomic mass is 10.1. The molecule has 158 valence electrons. The Bertz CT molecular complexity index is 370. The minimum Gasteiger partial charge on any atom is -0.304 e. The molecule has 0 aliphatic heterocycles. The van der Waals surface area contributed by atoms with Crippen LogP contribution in [0.1, 0.15) is 97.5 Å². The first-order valence-corrected chi connectivity index (χ1v) is 12.8. The zero-order chi connectivity index (χ0) is 20.0. The third kappa shape index (κ3) is 18.7. The normalized spacial score (nSPS) is 10.7. The minimum absolute atomic E-state index is 1.18. The van der Waals surface area contributed by atoms with Crippen LogP contribution in [0.15, 0.2) is 30.3 Å². The molecule has 0 atom stereocenters. The number of hydrogen-bond donors (Lipinski definition) is 0. The van der Waals surface area contributed by atoms with E-state index in [1.54, 1.807) is 0 Å². The maximum absolute atomic E-state index is 2.38. The van der Waals surface area contributed by atoms with E-state index in [0.717, 1.165) is 0 Å². The molecule has 0 heterocycles. The van der Waals surface area contributed by atoms with Crippen molar-refractivity contribution in [2.45, 2.75) is 97.7 Å². The molecule has 0 radical (unpaired) electrons. The van der Waals surface area contributed by atoms with E-state index in [9.17, 15) is 0 Å². The van der Waals surface area contributed by atoms with Crippen molar-refractivity contribution in [3.63, 3.8) is 0 Å². The first-order valence-electron chi connectivity index (χ1n) is 11.6. The fourth-order valence-corrected chi connectivity index (χ4v) is 4.11. The number of benzene rings is 1. The standard InChI is InChI=1S/C19H32S.C6H15N/c1-2-3-4-5-6-7-8-9-10-14-17-20-18-19-15-12-11-13-16-19;1-4-7(5-2)6-3/h11-13,15-16H,2-10,14,17-18H2,1H3;4-6H2,1-3H3. The Morgan fingerprint density at radius 1 is 0.630 bits per heavy atom. The predicted octanol–water partition coefficient (Wildman–Crippen LogP) is 8.19. The van der Waals surface area contributed by atoms with Gasteiger partial charge in [-0.1, -0.05) is 116 Å². The summed E-state index contributed by atoms with van der Waals surface area (Å²) in [5.41, 5.74) is 1.46. The number of unbranched alkanes of at least 4 members (excludes halogenated alkanes) is 9. The quantitative estimate of drug-likeness (QED) is 0.260. The van der Waals surface area contributed by atoms with Gasteiger partial charge in [-0.25, -0.2) is 0 Å². The summed E-state index contributed by atoms with van der Waals surface area (Å²) in [7, 11) is 0. The minimum atomic E-state index is 1.18. The van der Waals surface area contributed by atoms with Crippen molar-refractivity contribution in [2.24, 2.45) is 0 Å². The zero-order valence-electron chi connectivity index (χ0n) is 18.8. The summed E-state index contributed by atoms with van der Waals surface area (Å²) in [5.74, 6) is 2.50. The molecule has 1 nitrogen and oxygen atoms in total. The second-order valence-corrected chi connectivity index (χ2v) is 8.44. The molecular weight excluding hydrogens is 346 g/mol. The van der Waals surface area contributed by atoms with Gasteiger partial charge in [0.15, 0.2) is 0 Å². The van der Waals surface area contributed by atoms with Gasteiger partial charge in [-0.3, -0.25) is 0 Å². The van der Waals surface area contributed by atoms with Gasteiger partial charge in [-0.2, -0.15) is 11.8 Å². The highest BCUT2D eigenvalue weighted by Crippen LogP contribution is 2.15. The smallest absolute Gasteiger partial charge is 0.0184 e. The highest BCUT2D eigenvalue weighted by Gasteiger charge is 1.95. The van der Waals surface area contributed by atoms with E-state index in [2.05, 4.69) is 74.7 Å². The Morgan fingerprint density at radius 3 is 1.56 bits per heavy atom. The Morgan fingerprint density at radius 2 is 1.11 bits per heavy atom. The SMILES string of the molecule is CCCCCCCCCCCCSCc1ccccc1.CCN(CC)CC. The van der Waals surface area contributed by atoms with Crippen molar-refractivity contribution in [3.8, 4) is 0 Å². The van der Waals surface area contributed by atoms with Crippen molar-refractivity contribution >= 4 is 11.8 Å². The summed E-state index contributed by atoms with van der Waals surface area (Å²) in [5, 5.41) is 0. The predicted molar refractivity (Wildman–Crippen MR) is 128 cm³/mol. The molecule has 0 N–H and O–H groups in total. The summed E-state index contributed by atoms with van der Waals surface area (Å²) in [6.07, 6.45) is 14.3. The Balaban J connectivity index is 0.000000821. The molecule has 0 aromatic heterocycles. The monoisotopic (exact) mass is 393 g/mol. The summed E-state index contributed by atoms with van der Waals surface area (Å²) in [6.45, 7) is 12.4. The molecule has 0 aliphatic carbocycles. The maximum atomic E-state index is 2.38. The van der Waals surface area contributed by atoms with Crippen LogP contribution in [0, 0.1) is 0 Å². The van der Waals surface area contributed by atoms with Crippen molar-refractivity contribution in [3.05, 3.63) is 35.9 Å². The molecule has 1 aromatic carbocycles. The maximum Gasteiger partial charge on any atom is 0.0184 e. The topological polar surface area (TPSA) is 3.24 Å². The second kappa shape index (κ2) is 21.8. The molecular formula is C25H47NS. The highest BCUT2D eigenvalue weighted by atomic mass is 32.2. The Kier molecular flexibility index (Phi) is 21.4. The van der Waals surface area contributed by atoms with E-state index in [4.69, 9.17) is 0 Å². The van der Waals surface area contributed by atoms with Crippen LogP contribution in [-0.4, -0.2) is 30.3 Å². The van der Waals surface area contributed by atoms with Crippen molar-refractivity contribution in [1.29, 1.82) is 0 Å². The third-order valence-electron chi connectivity index (χ3n) is 5.10. The molecule has 0 bridgehead atoms. The van der Waals surface area contributed by atoms with Gasteiger partial charge in [0, 0.05) is 5.75 Å². The molecule has 2 heteroatoms. The molecule has 0 unspecified atom stereocenters. The average Bonchev–Trinajstić information content (AvgIpc) is 2.71. The van der Waals surface area contributed by atoms with E-state index < -0.39 is 0 Å². The van der Waals surface area contributed by atoms with Crippen LogP contribution in [0.3, 0.4) is 0 Å². The zero-order valence-corrected chi connectivity index (χ0v) is 19.7. The summed E-state index contributed by atoms with van der Waals surface area (Å²) in [4.78, 5) is 2.38. The molecule has 1 aromatic rings. The van der Waals surface area contributed by atoms with E-state index >= 15 is 0 Å². The van der Waals surface area contributed by atoms with E-state index in [-0.39, 0.29) is 0 Å². The van der Waals surface area contributed by atoms with Crippen LogP contribution in [-0.2, 0) is 5.75 Å². The Labute approximate surface area is 175 Å². The fraction of sp³-hybridized carbons (Fsp3) is 0.760. The largest absolute Gasteiger partial charge is 0.304 e. The fourth-order valence-electron chi connectivity index (χ4n) is 3.13. The summed E-state index contributed by atoms with van der Waals surface area (Å²) in [6, 6.07) is 10.8. The molecule has 27 heavy (non-hydrogen) atoms. The first-order chi connectivity index (χ1) is 13.3. The second-order valence-electron chi connectivity index (χ2n) is 7.34. The van der Waals surface area contributed by atoms with Crippen molar-refractivity contribution in [2.75, 3.05) is 25.4 Å². The molecule has 0 amide bonds. The molecule has 0 spiro atoms. The first kappa shape index (κ1) is 26.5. The van der Waals surface area contributed by atoms with Crippen LogP contribution in [0.25, 0.3) is 0 Å². The summed E-state index contributed by atoms with van der Waals surface area (Å²) < 4.78 is 0. The molecule has 1 rings (SSSR count). The van der Waals surface area contributed by atoms with Gasteiger partial charge < -0.3 is 4.90 Å². The molecule has 0 saturated carbocycles. The molecule has 0 fully saturated rings. The number of thioether (sulfide) groups is 1. The van der Waals surface area contributed by atoms with Gasteiger partial charge in [-0.05, 0) is 37.4 Å². The van der Waals surface area contributed by atoms with Crippen LogP contribution >= 0.6 is 11.8 Å². The van der Waals surface area contributed by atoms with Gasteiger partial charge in [0.2, 0.25) is 0 Å². The lowest BCUT2D eigenvalue weighted by Crippen LogP contribution is -2.21. The lowest BCUT2D eigenvalue weighted by Gasteiger charge is -2.13. The number of hydrogen-bond acceptors (Lipinski definition) is 2. The van der Waals surface area contributed by atoms with Crippen LogP contribution in [0.5, 0.6) is 0 Å².